The number of carbonyl (C=O) groups excluding carboxylic acids is 2. The molecule has 0 saturated carbocycles. The number of likely N-dealkylation sites (tertiary alicyclic amines) is 1. The maximum atomic E-state index is 12.5. The van der Waals surface area contributed by atoms with E-state index in [1.807, 2.05) is 0 Å². The van der Waals surface area contributed by atoms with Gasteiger partial charge in [0.05, 0.1) is 5.56 Å². The molecule has 3 N–H and O–H groups in total. The Bertz CT molecular complexity index is 545. The average Bonchev–Trinajstić information content (AvgIpc) is 2.48. The van der Waals surface area contributed by atoms with Gasteiger partial charge in [-0.25, -0.2) is 0 Å². The summed E-state index contributed by atoms with van der Waals surface area (Å²) in [4.78, 5) is 29.8. The summed E-state index contributed by atoms with van der Waals surface area (Å²) in [5.74, 6) is -0.329. The fourth-order valence-corrected chi connectivity index (χ4v) is 2.51. The molecule has 0 aromatic carbocycles. The molecule has 1 atom stereocenters. The molecular weight excluding hydrogens is 304 g/mol. The number of halogens is 1. The van der Waals surface area contributed by atoms with E-state index in [-0.39, 0.29) is 35.7 Å². The zero-order valence-corrected chi connectivity index (χ0v) is 13.9. The number of hydrogen-bond acceptors (Lipinski definition) is 4. The summed E-state index contributed by atoms with van der Waals surface area (Å²) in [5.41, 5.74) is 6.79. The Hall–Kier alpha value is -1.66. The monoisotopic (exact) mass is 326 g/mol. The van der Waals surface area contributed by atoms with Crippen LogP contribution >= 0.6 is 12.4 Å². The van der Waals surface area contributed by atoms with Gasteiger partial charge in [-0.1, -0.05) is 13.8 Å². The van der Waals surface area contributed by atoms with Gasteiger partial charge in [0.15, 0.2) is 0 Å². The molecule has 2 rings (SSSR count). The predicted molar refractivity (Wildman–Crippen MR) is 87.2 cm³/mol. The van der Waals surface area contributed by atoms with Crippen LogP contribution in [0.1, 0.15) is 41.1 Å². The number of rotatable bonds is 2. The SMILES string of the molecule is CNC(=O)c1ccc(C(=O)N2CCC(N)C(C)(C)C2)cn1.Cl. The first-order valence-corrected chi connectivity index (χ1v) is 7.08. The van der Waals surface area contributed by atoms with E-state index in [9.17, 15) is 9.59 Å². The normalized spacial score (nSPS) is 20.0. The second-order valence-electron chi connectivity index (χ2n) is 6.12. The zero-order chi connectivity index (χ0) is 15.6. The number of piperidine rings is 1. The summed E-state index contributed by atoms with van der Waals surface area (Å²) in [6.07, 6.45) is 2.25. The topological polar surface area (TPSA) is 88.3 Å². The third-order valence-corrected chi connectivity index (χ3v) is 4.07. The quantitative estimate of drug-likeness (QED) is 0.850. The predicted octanol–water partition coefficient (Wildman–Crippen LogP) is 1.06. The first-order valence-electron chi connectivity index (χ1n) is 7.08. The van der Waals surface area contributed by atoms with Crippen molar-refractivity contribution in [2.24, 2.45) is 11.1 Å². The van der Waals surface area contributed by atoms with Crippen molar-refractivity contribution in [2.75, 3.05) is 20.1 Å². The summed E-state index contributed by atoms with van der Waals surface area (Å²) in [6, 6.07) is 3.31. The molecule has 6 nitrogen and oxygen atoms in total. The molecule has 1 aliphatic rings. The van der Waals surface area contributed by atoms with Crippen molar-refractivity contribution < 1.29 is 9.59 Å². The molecule has 0 radical (unpaired) electrons. The highest BCUT2D eigenvalue weighted by Crippen LogP contribution is 2.28. The minimum absolute atomic E-state index is 0. The van der Waals surface area contributed by atoms with E-state index in [1.165, 1.54) is 6.20 Å². The third-order valence-electron chi connectivity index (χ3n) is 4.07. The summed E-state index contributed by atoms with van der Waals surface area (Å²) >= 11 is 0. The fourth-order valence-electron chi connectivity index (χ4n) is 2.51. The molecule has 0 spiro atoms. The minimum atomic E-state index is -0.265. The Morgan fingerprint density at radius 1 is 1.41 bits per heavy atom. The van der Waals surface area contributed by atoms with E-state index in [1.54, 1.807) is 24.1 Å². The second-order valence-corrected chi connectivity index (χ2v) is 6.12. The first kappa shape index (κ1) is 18.4. The van der Waals surface area contributed by atoms with Gasteiger partial charge in [-0.15, -0.1) is 12.4 Å². The summed E-state index contributed by atoms with van der Waals surface area (Å²) in [7, 11) is 1.54. The molecule has 1 aromatic rings. The highest BCUT2D eigenvalue weighted by atomic mass is 35.5. The van der Waals surface area contributed by atoms with Crippen LogP contribution in [-0.2, 0) is 0 Å². The molecule has 1 unspecified atom stereocenters. The van der Waals surface area contributed by atoms with E-state index < -0.39 is 0 Å². The smallest absolute Gasteiger partial charge is 0.269 e. The van der Waals surface area contributed by atoms with Crippen LogP contribution in [0.3, 0.4) is 0 Å². The van der Waals surface area contributed by atoms with E-state index in [4.69, 9.17) is 5.73 Å². The fraction of sp³-hybridized carbons (Fsp3) is 0.533. The van der Waals surface area contributed by atoms with Gasteiger partial charge < -0.3 is 16.0 Å². The largest absolute Gasteiger partial charge is 0.354 e. The van der Waals surface area contributed by atoms with E-state index in [0.29, 0.717) is 24.3 Å². The third kappa shape index (κ3) is 3.75. The Kier molecular flexibility index (Phi) is 5.91. The van der Waals surface area contributed by atoms with Crippen LogP contribution in [0.5, 0.6) is 0 Å². The van der Waals surface area contributed by atoms with Gasteiger partial charge >= 0.3 is 0 Å². The molecular formula is C15H23ClN4O2. The second kappa shape index (κ2) is 7.07. The van der Waals surface area contributed by atoms with E-state index in [2.05, 4.69) is 24.1 Å². The first-order chi connectivity index (χ1) is 9.85. The Balaban J connectivity index is 0.00000242. The van der Waals surface area contributed by atoms with Gasteiger partial charge in [0.25, 0.3) is 11.8 Å². The molecule has 1 aliphatic heterocycles. The lowest BCUT2D eigenvalue weighted by Crippen LogP contribution is -2.54. The van der Waals surface area contributed by atoms with Gasteiger partial charge in [0.2, 0.25) is 0 Å². The van der Waals surface area contributed by atoms with Crippen LogP contribution in [0, 0.1) is 5.41 Å². The Morgan fingerprint density at radius 3 is 2.59 bits per heavy atom. The summed E-state index contributed by atoms with van der Waals surface area (Å²) < 4.78 is 0. The molecule has 22 heavy (non-hydrogen) atoms. The summed E-state index contributed by atoms with van der Waals surface area (Å²) in [6.45, 7) is 5.43. The van der Waals surface area contributed by atoms with Crippen molar-refractivity contribution in [3.8, 4) is 0 Å². The zero-order valence-electron chi connectivity index (χ0n) is 13.1. The number of aromatic nitrogens is 1. The average molecular weight is 327 g/mol. The van der Waals surface area contributed by atoms with Crippen molar-refractivity contribution >= 4 is 24.2 Å². The molecule has 1 fully saturated rings. The van der Waals surface area contributed by atoms with Crippen molar-refractivity contribution in [3.05, 3.63) is 29.6 Å². The maximum Gasteiger partial charge on any atom is 0.269 e. The number of hydrogen-bond donors (Lipinski definition) is 2. The van der Waals surface area contributed by atoms with E-state index in [0.717, 1.165) is 6.42 Å². The van der Waals surface area contributed by atoms with Crippen molar-refractivity contribution in [1.82, 2.24) is 15.2 Å². The Morgan fingerprint density at radius 2 is 2.09 bits per heavy atom. The standard InChI is InChI=1S/C15H22N4O2.ClH/c1-15(2)9-19(7-6-12(15)16)14(21)10-4-5-11(18-8-10)13(20)17-3;/h4-5,8,12H,6-7,9,16H2,1-3H3,(H,17,20);1H. The molecule has 122 valence electrons. The number of carbonyl (C=O) groups is 2. The lowest BCUT2D eigenvalue weighted by atomic mass is 9.79. The molecule has 7 heteroatoms. The van der Waals surface area contributed by atoms with Gasteiger partial charge in [-0.05, 0) is 24.0 Å². The van der Waals surface area contributed by atoms with Gasteiger partial charge in [0.1, 0.15) is 5.69 Å². The van der Waals surface area contributed by atoms with Gasteiger partial charge in [0, 0.05) is 32.4 Å². The molecule has 2 heterocycles. The number of pyridine rings is 1. The van der Waals surface area contributed by atoms with Crippen LogP contribution in [0.4, 0.5) is 0 Å². The van der Waals surface area contributed by atoms with Crippen LogP contribution in [0.15, 0.2) is 18.3 Å². The minimum Gasteiger partial charge on any atom is -0.354 e. The number of nitrogens with two attached hydrogens (primary N) is 1. The van der Waals surface area contributed by atoms with Gasteiger partial charge in [-0.2, -0.15) is 0 Å². The number of amides is 2. The Labute approximate surface area is 136 Å². The van der Waals surface area contributed by atoms with Crippen LogP contribution < -0.4 is 11.1 Å². The van der Waals surface area contributed by atoms with E-state index >= 15 is 0 Å². The van der Waals surface area contributed by atoms with Gasteiger partial charge in [-0.3, -0.25) is 14.6 Å². The highest BCUT2D eigenvalue weighted by Gasteiger charge is 2.35. The molecule has 1 saturated heterocycles. The molecule has 0 bridgehead atoms. The van der Waals surface area contributed by atoms with Crippen LogP contribution in [-0.4, -0.2) is 47.9 Å². The van der Waals surface area contributed by atoms with Crippen LogP contribution in [0.25, 0.3) is 0 Å². The van der Waals surface area contributed by atoms with Crippen molar-refractivity contribution in [1.29, 1.82) is 0 Å². The number of nitrogens with zero attached hydrogens (tertiary/aromatic N) is 2. The lowest BCUT2D eigenvalue weighted by molar-refractivity contribution is 0.0532. The maximum absolute atomic E-state index is 12.5. The van der Waals surface area contributed by atoms with Crippen LogP contribution in [0.2, 0.25) is 0 Å². The highest BCUT2D eigenvalue weighted by molar-refractivity contribution is 5.96. The molecule has 0 aliphatic carbocycles. The summed E-state index contributed by atoms with van der Waals surface area (Å²) in [5, 5.41) is 2.50. The molecule has 2 amide bonds. The van der Waals surface area contributed by atoms with Crippen molar-refractivity contribution in [2.45, 2.75) is 26.3 Å². The molecule has 1 aromatic heterocycles. The van der Waals surface area contributed by atoms with Crippen molar-refractivity contribution in [3.63, 3.8) is 0 Å². The lowest BCUT2D eigenvalue weighted by Gasteiger charge is -2.42. The number of nitrogens with one attached hydrogen (secondary N) is 1.